The second-order valence-electron chi connectivity index (χ2n) is 5.55. The van der Waals surface area contributed by atoms with Gasteiger partial charge in [0.05, 0.1) is 5.71 Å². The normalized spacial score (nSPS) is 44.9. The van der Waals surface area contributed by atoms with E-state index in [1.807, 2.05) is 20.8 Å². The molecule has 0 aromatic heterocycles. The van der Waals surface area contributed by atoms with Crippen LogP contribution in [0.4, 0.5) is 0 Å². The first kappa shape index (κ1) is 10.5. The molecule has 1 N–H and O–H groups in total. The van der Waals surface area contributed by atoms with Gasteiger partial charge in [0.15, 0.2) is 0 Å². The van der Waals surface area contributed by atoms with Gasteiger partial charge in [-0.25, -0.2) is 0 Å². The van der Waals surface area contributed by atoms with Gasteiger partial charge in [-0.3, -0.25) is 0 Å². The van der Waals surface area contributed by atoms with Gasteiger partial charge in [-0.2, -0.15) is 0 Å². The summed E-state index contributed by atoms with van der Waals surface area (Å²) in [4.78, 5) is 11.4. The van der Waals surface area contributed by atoms with Crippen LogP contribution >= 0.6 is 0 Å². The topological polar surface area (TPSA) is 72.7 Å². The smallest absolute Gasteiger partial charge is 0.0644 e. The second kappa shape index (κ2) is 2.54. The van der Waals surface area contributed by atoms with Gasteiger partial charge in [0, 0.05) is 23.2 Å². The molecule has 4 nitrogen and oxygen atoms in total. The Balaban J connectivity index is 2.61. The molecule has 2 fully saturated rings. The molecule has 0 aromatic carbocycles. The number of fused-ring (bicyclic) bond motifs is 2. The van der Waals surface area contributed by atoms with Crippen molar-refractivity contribution in [1.82, 2.24) is 0 Å². The zero-order valence-electron chi connectivity index (χ0n) is 9.33. The molecule has 0 spiro atoms. The molecule has 0 aliphatic heterocycles. The van der Waals surface area contributed by atoms with E-state index in [1.54, 1.807) is 0 Å². The predicted molar refractivity (Wildman–Crippen MR) is 52.4 cm³/mol. The third-order valence-corrected chi connectivity index (χ3v) is 5.25. The lowest BCUT2D eigenvalue weighted by Crippen LogP contribution is -2.47. The molecule has 2 saturated carbocycles. The Morgan fingerprint density at radius 3 is 2.33 bits per heavy atom. The van der Waals surface area contributed by atoms with Crippen molar-refractivity contribution < 1.29 is 15.1 Å². The number of nitrogens with zero attached hydrogens (tertiary/aromatic N) is 1. The third-order valence-electron chi connectivity index (χ3n) is 5.25. The number of hydrogen-bond donors (Lipinski definition) is 1. The van der Waals surface area contributed by atoms with E-state index >= 15 is 0 Å². The number of carbonyl (C=O) groups excluding carboxylic acids is 1. The highest BCUT2D eigenvalue weighted by atomic mass is 16.4. The fraction of sp³-hybridized carbons (Fsp3) is 0.818. The largest absolute Gasteiger partial charge is 0.550 e. The lowest BCUT2D eigenvalue weighted by atomic mass is 9.65. The number of rotatable bonds is 1. The molecule has 15 heavy (non-hydrogen) atoms. The Hall–Kier alpha value is -1.06. The summed E-state index contributed by atoms with van der Waals surface area (Å²) in [6.45, 7) is 5.86. The lowest BCUT2D eigenvalue weighted by Gasteiger charge is -2.40. The maximum absolute atomic E-state index is 11.4. The van der Waals surface area contributed by atoms with E-state index in [2.05, 4.69) is 5.16 Å². The van der Waals surface area contributed by atoms with Gasteiger partial charge < -0.3 is 15.1 Å². The minimum Gasteiger partial charge on any atom is -0.550 e. The molecule has 2 aliphatic rings. The molecule has 2 atom stereocenters. The summed E-state index contributed by atoms with van der Waals surface area (Å²) in [5.41, 5.74) is -0.936. The van der Waals surface area contributed by atoms with Crippen LogP contribution in [0.1, 0.15) is 40.0 Å². The summed E-state index contributed by atoms with van der Waals surface area (Å²) in [7, 11) is 0. The van der Waals surface area contributed by atoms with E-state index in [9.17, 15) is 9.90 Å². The monoisotopic (exact) mass is 210 g/mol. The van der Waals surface area contributed by atoms with Gasteiger partial charge in [0.1, 0.15) is 0 Å². The zero-order valence-corrected chi connectivity index (χ0v) is 9.33. The highest BCUT2D eigenvalue weighted by Gasteiger charge is 2.69. The lowest BCUT2D eigenvalue weighted by molar-refractivity contribution is -0.323. The summed E-state index contributed by atoms with van der Waals surface area (Å²) in [6, 6.07) is 0. The first-order valence-corrected chi connectivity index (χ1v) is 5.25. The number of carboxylic acid groups (broad SMARTS) is 1. The van der Waals surface area contributed by atoms with Crippen LogP contribution in [0.2, 0.25) is 0 Å². The molecule has 2 bridgehead atoms. The van der Waals surface area contributed by atoms with Crippen LogP contribution < -0.4 is 5.11 Å². The van der Waals surface area contributed by atoms with Gasteiger partial charge >= 0.3 is 0 Å². The number of aliphatic carboxylic acids is 1. The van der Waals surface area contributed by atoms with Crippen molar-refractivity contribution in [3.05, 3.63) is 0 Å². The predicted octanol–water partition coefficient (Wildman–Crippen LogP) is 0.783. The van der Waals surface area contributed by atoms with Crippen LogP contribution in [0.15, 0.2) is 5.16 Å². The molecule has 0 radical (unpaired) electrons. The van der Waals surface area contributed by atoms with E-state index in [0.717, 1.165) is 6.42 Å². The molecule has 0 amide bonds. The van der Waals surface area contributed by atoms with Gasteiger partial charge in [-0.05, 0) is 18.3 Å². The summed E-state index contributed by atoms with van der Waals surface area (Å²) in [6.07, 6.45) is 1.71. The van der Waals surface area contributed by atoms with Crippen LogP contribution in [-0.4, -0.2) is 16.9 Å². The van der Waals surface area contributed by atoms with Crippen molar-refractivity contribution in [2.45, 2.75) is 40.0 Å². The molecule has 84 valence electrons. The van der Waals surface area contributed by atoms with Crippen molar-refractivity contribution in [3.8, 4) is 0 Å². The molecule has 4 heteroatoms. The van der Waals surface area contributed by atoms with Crippen molar-refractivity contribution in [2.24, 2.45) is 21.4 Å². The number of carboxylic acids is 1. The van der Waals surface area contributed by atoms with E-state index in [4.69, 9.17) is 5.21 Å². The van der Waals surface area contributed by atoms with Gasteiger partial charge in [-0.1, -0.05) is 25.9 Å². The van der Waals surface area contributed by atoms with Gasteiger partial charge in [0.25, 0.3) is 0 Å². The molecule has 2 aliphatic carbocycles. The summed E-state index contributed by atoms with van der Waals surface area (Å²) >= 11 is 0. The summed E-state index contributed by atoms with van der Waals surface area (Å²) in [5, 5.41) is 23.6. The van der Waals surface area contributed by atoms with Crippen LogP contribution in [0.5, 0.6) is 0 Å². The summed E-state index contributed by atoms with van der Waals surface area (Å²) in [5.74, 6) is -1.00. The van der Waals surface area contributed by atoms with Crippen molar-refractivity contribution in [3.63, 3.8) is 0 Å². The highest BCUT2D eigenvalue weighted by molar-refractivity contribution is 6.00. The van der Waals surface area contributed by atoms with Crippen LogP contribution in [0.25, 0.3) is 0 Å². The van der Waals surface area contributed by atoms with Crippen LogP contribution in [0.3, 0.4) is 0 Å². The first-order valence-electron chi connectivity index (χ1n) is 5.25. The molecule has 0 aromatic rings. The summed E-state index contributed by atoms with van der Waals surface area (Å²) < 4.78 is 0. The van der Waals surface area contributed by atoms with Gasteiger partial charge in [0.2, 0.25) is 0 Å². The molecule has 2 rings (SSSR count). The fourth-order valence-electron chi connectivity index (χ4n) is 3.49. The van der Waals surface area contributed by atoms with Crippen LogP contribution in [0, 0.1) is 16.2 Å². The Morgan fingerprint density at radius 1 is 1.40 bits per heavy atom. The average molecular weight is 210 g/mol. The van der Waals surface area contributed by atoms with E-state index in [0.29, 0.717) is 18.6 Å². The number of hydrogen-bond acceptors (Lipinski definition) is 4. The quantitative estimate of drug-likeness (QED) is 0.513. The van der Waals surface area contributed by atoms with E-state index in [1.165, 1.54) is 0 Å². The van der Waals surface area contributed by atoms with Gasteiger partial charge in [-0.15, -0.1) is 0 Å². The minimum atomic E-state index is -1.00. The fourth-order valence-corrected chi connectivity index (χ4v) is 3.49. The van der Waals surface area contributed by atoms with E-state index in [-0.39, 0.29) is 5.41 Å². The van der Waals surface area contributed by atoms with Crippen molar-refractivity contribution in [1.29, 1.82) is 0 Å². The Labute approximate surface area is 89.0 Å². The Morgan fingerprint density at radius 2 is 2.00 bits per heavy atom. The SMILES string of the molecule is CC1(C)[C@]2(C(=O)[O-])CC[C@@]1(C)/C(=N\O)C2. The minimum absolute atomic E-state index is 0.304. The average Bonchev–Trinajstić information content (AvgIpc) is 2.46. The number of oxime groups is 1. The molecular formula is C11H16NO3-. The maximum atomic E-state index is 11.4. The van der Waals surface area contributed by atoms with Crippen molar-refractivity contribution in [2.75, 3.05) is 0 Å². The molecule has 0 unspecified atom stereocenters. The highest BCUT2D eigenvalue weighted by Crippen LogP contribution is 2.70. The Kier molecular flexibility index (Phi) is 1.77. The third kappa shape index (κ3) is 0.840. The standard InChI is InChI=1S/C11H17NO3/c1-9(2)10(3)4-5-11(9,8(13)14)6-7(10)12-15/h15H,4-6H2,1-3H3,(H,13,14)/p-1/b12-7-/t10-,11+/m0/s1. The molecule has 0 saturated heterocycles. The van der Waals surface area contributed by atoms with Crippen LogP contribution in [-0.2, 0) is 4.79 Å². The molecular weight excluding hydrogens is 194 g/mol. The van der Waals surface area contributed by atoms with Crippen molar-refractivity contribution >= 4 is 11.7 Å². The Bertz CT molecular complexity index is 361. The first-order chi connectivity index (χ1) is 6.82. The van der Waals surface area contributed by atoms with E-state index < -0.39 is 16.8 Å². The number of carbonyl (C=O) groups is 1. The second-order valence-corrected chi connectivity index (χ2v) is 5.55. The zero-order chi connectivity index (χ0) is 11.5. The molecule has 0 heterocycles. The maximum Gasteiger partial charge on any atom is 0.0644 e.